The number of hydrogen-bond acceptors (Lipinski definition) is 5. The lowest BCUT2D eigenvalue weighted by Crippen LogP contribution is -2.32. The maximum Gasteiger partial charge on any atom is 0.267 e. The fourth-order valence-electron chi connectivity index (χ4n) is 3.08. The van der Waals surface area contributed by atoms with Crippen LogP contribution in [0.3, 0.4) is 0 Å². The first-order chi connectivity index (χ1) is 11.8. The molecule has 2 rings (SSSR count). The summed E-state index contributed by atoms with van der Waals surface area (Å²) >= 11 is 1.63. The van der Waals surface area contributed by atoms with Gasteiger partial charge in [0.15, 0.2) is 5.16 Å². The molecule has 0 saturated carbocycles. The predicted molar refractivity (Wildman–Crippen MR) is 103 cm³/mol. The van der Waals surface area contributed by atoms with Gasteiger partial charge in [0.05, 0.1) is 11.0 Å². The second kappa shape index (κ2) is 8.03. The summed E-state index contributed by atoms with van der Waals surface area (Å²) in [6.45, 7) is 6.37. The Morgan fingerprint density at radius 1 is 1.44 bits per heavy atom. The Morgan fingerprint density at radius 2 is 2.16 bits per heavy atom. The quantitative estimate of drug-likeness (QED) is 0.343. The summed E-state index contributed by atoms with van der Waals surface area (Å²) in [7, 11) is 4.18. The summed E-state index contributed by atoms with van der Waals surface area (Å²) in [5.74, 6) is -0.555. The molecular formula is C18H26N4O2S. The molecule has 0 atom stereocenters. The van der Waals surface area contributed by atoms with E-state index in [4.69, 9.17) is 10.2 Å². The topological polar surface area (TPSA) is 70.4 Å². The molecule has 0 fully saturated rings. The van der Waals surface area contributed by atoms with Crippen LogP contribution in [0.25, 0.3) is 17.1 Å². The lowest BCUT2D eigenvalue weighted by molar-refractivity contribution is -0.124. The summed E-state index contributed by atoms with van der Waals surface area (Å²) < 4.78 is 2.26. The van der Waals surface area contributed by atoms with Crippen molar-refractivity contribution in [2.24, 2.45) is 5.41 Å². The Labute approximate surface area is 152 Å². The number of hydrogen-bond donors (Lipinski definition) is 2. The lowest BCUT2D eigenvalue weighted by atomic mass is 9.93. The van der Waals surface area contributed by atoms with Crippen LogP contribution in [0, 0.1) is 5.41 Å². The van der Waals surface area contributed by atoms with Crippen molar-refractivity contribution in [2.45, 2.75) is 25.5 Å². The zero-order chi connectivity index (χ0) is 18.6. The minimum absolute atomic E-state index is 0.111. The van der Waals surface area contributed by atoms with E-state index in [1.54, 1.807) is 23.3 Å². The predicted octanol–water partition coefficient (Wildman–Crippen LogP) is 2.86. The van der Waals surface area contributed by atoms with Crippen molar-refractivity contribution in [3.05, 3.63) is 29.8 Å². The van der Waals surface area contributed by atoms with E-state index in [0.29, 0.717) is 0 Å². The third kappa shape index (κ3) is 5.07. The number of hydroxylamine groups is 1. The van der Waals surface area contributed by atoms with E-state index < -0.39 is 5.91 Å². The van der Waals surface area contributed by atoms with Gasteiger partial charge in [-0.05, 0) is 49.5 Å². The van der Waals surface area contributed by atoms with Crippen LogP contribution < -0.4 is 5.48 Å². The fourth-order valence-corrected chi connectivity index (χ4v) is 3.65. The number of aromatic nitrogens is 2. The molecule has 2 aromatic rings. The first-order valence-electron chi connectivity index (χ1n) is 8.07. The summed E-state index contributed by atoms with van der Waals surface area (Å²) in [6.07, 6.45) is 4.97. The van der Waals surface area contributed by atoms with E-state index >= 15 is 0 Å². The zero-order valence-corrected chi connectivity index (χ0v) is 16.2. The molecule has 1 aromatic carbocycles. The number of fused-ring (bicyclic) bond motifs is 1. The number of benzene rings is 1. The molecule has 1 amide bonds. The maximum absolute atomic E-state index is 11.1. The summed E-state index contributed by atoms with van der Waals surface area (Å²) in [5.41, 5.74) is 4.54. The van der Waals surface area contributed by atoms with Crippen LogP contribution in [0.15, 0.2) is 29.4 Å². The van der Waals surface area contributed by atoms with Gasteiger partial charge in [0.1, 0.15) is 0 Å². The molecule has 0 bridgehead atoms. The number of imidazole rings is 1. The van der Waals surface area contributed by atoms with Crippen LogP contribution in [0.1, 0.15) is 19.4 Å². The van der Waals surface area contributed by atoms with Crippen LogP contribution in [0.4, 0.5) is 0 Å². The highest BCUT2D eigenvalue weighted by Crippen LogP contribution is 2.28. The second-order valence-electron chi connectivity index (χ2n) is 7.14. The summed E-state index contributed by atoms with van der Waals surface area (Å²) in [5, 5.41) is 9.54. The van der Waals surface area contributed by atoms with Crippen molar-refractivity contribution in [1.29, 1.82) is 0 Å². The maximum atomic E-state index is 11.1. The molecule has 0 aliphatic rings. The van der Waals surface area contributed by atoms with Crippen LogP contribution in [0.2, 0.25) is 0 Å². The highest BCUT2D eigenvalue weighted by atomic mass is 32.2. The third-order valence-electron chi connectivity index (χ3n) is 3.79. The average molecular weight is 362 g/mol. The van der Waals surface area contributed by atoms with Gasteiger partial charge >= 0.3 is 0 Å². The van der Waals surface area contributed by atoms with Crippen molar-refractivity contribution in [2.75, 3.05) is 26.9 Å². The van der Waals surface area contributed by atoms with E-state index in [1.165, 1.54) is 6.08 Å². The number of thioether (sulfide) groups is 1. The molecule has 1 heterocycles. The molecule has 0 aliphatic carbocycles. The molecule has 2 N–H and O–H groups in total. The molecule has 7 heteroatoms. The number of rotatable bonds is 7. The lowest BCUT2D eigenvalue weighted by Gasteiger charge is -2.29. The van der Waals surface area contributed by atoms with E-state index in [9.17, 15) is 4.79 Å². The van der Waals surface area contributed by atoms with E-state index in [-0.39, 0.29) is 5.41 Å². The molecule has 0 radical (unpaired) electrons. The number of nitrogens with zero attached hydrogens (tertiary/aromatic N) is 3. The van der Waals surface area contributed by atoms with E-state index in [1.807, 2.05) is 24.5 Å². The Kier molecular flexibility index (Phi) is 6.26. The number of nitrogens with one attached hydrogen (secondary N) is 1. The largest absolute Gasteiger partial charge is 0.318 e. The van der Waals surface area contributed by atoms with Gasteiger partial charge in [-0.15, -0.1) is 0 Å². The molecule has 1 aromatic heterocycles. The van der Waals surface area contributed by atoms with Gasteiger partial charge in [-0.2, -0.15) is 0 Å². The molecule has 0 unspecified atom stereocenters. The van der Waals surface area contributed by atoms with Crippen molar-refractivity contribution in [3.8, 4) is 0 Å². The molecule has 0 saturated heterocycles. The van der Waals surface area contributed by atoms with Crippen LogP contribution in [-0.2, 0) is 11.3 Å². The van der Waals surface area contributed by atoms with Gasteiger partial charge in [0.25, 0.3) is 5.91 Å². The molecule has 25 heavy (non-hydrogen) atoms. The molecule has 136 valence electrons. The first kappa shape index (κ1) is 19.5. The van der Waals surface area contributed by atoms with Gasteiger partial charge < -0.3 is 9.47 Å². The van der Waals surface area contributed by atoms with Gasteiger partial charge in [0.2, 0.25) is 0 Å². The highest BCUT2D eigenvalue weighted by molar-refractivity contribution is 7.98. The summed E-state index contributed by atoms with van der Waals surface area (Å²) in [6, 6.07) is 5.93. The van der Waals surface area contributed by atoms with E-state index in [0.717, 1.165) is 34.8 Å². The molecule has 0 aliphatic heterocycles. The van der Waals surface area contributed by atoms with Gasteiger partial charge in [-0.3, -0.25) is 10.0 Å². The van der Waals surface area contributed by atoms with Gasteiger partial charge in [-0.1, -0.05) is 31.7 Å². The monoisotopic (exact) mass is 362 g/mol. The smallest absolute Gasteiger partial charge is 0.267 e. The van der Waals surface area contributed by atoms with Gasteiger partial charge in [-0.25, -0.2) is 10.5 Å². The normalized spacial score (nSPS) is 12.4. The van der Waals surface area contributed by atoms with Crippen molar-refractivity contribution < 1.29 is 10.0 Å². The molecule has 0 spiro atoms. The Morgan fingerprint density at radius 3 is 2.76 bits per heavy atom. The fraction of sp³-hybridized carbons (Fsp3) is 0.444. The van der Waals surface area contributed by atoms with Gasteiger partial charge in [0, 0.05) is 19.2 Å². The van der Waals surface area contributed by atoms with Crippen LogP contribution in [-0.4, -0.2) is 52.5 Å². The standard InChI is InChI=1S/C18H26N4O2S/c1-18(2,11-21(3)4)12-22-15-8-6-13(7-9-16(23)20-24)10-14(15)19-17(22)25-5/h6-10,24H,11-12H2,1-5H3,(H,20,23)/b9-7+. The molecular weight excluding hydrogens is 336 g/mol. The van der Waals surface area contributed by atoms with Crippen LogP contribution >= 0.6 is 11.8 Å². The Bertz CT molecular complexity index is 781. The molecule has 6 nitrogen and oxygen atoms in total. The average Bonchev–Trinajstić information content (AvgIpc) is 2.87. The third-order valence-corrected chi connectivity index (χ3v) is 4.46. The highest BCUT2D eigenvalue weighted by Gasteiger charge is 2.22. The second-order valence-corrected chi connectivity index (χ2v) is 7.92. The summed E-state index contributed by atoms with van der Waals surface area (Å²) in [4.78, 5) is 18.1. The SMILES string of the molecule is CSc1nc2cc(/C=C/C(=O)NO)ccc2n1CC(C)(C)CN(C)C. The number of amides is 1. The Hall–Kier alpha value is -1.83. The number of carbonyl (C=O) groups is 1. The van der Waals surface area contributed by atoms with Crippen LogP contribution in [0.5, 0.6) is 0 Å². The Balaban J connectivity index is 2.37. The first-order valence-corrected chi connectivity index (χ1v) is 9.29. The zero-order valence-electron chi connectivity index (χ0n) is 15.4. The van der Waals surface area contributed by atoms with E-state index in [2.05, 4.69) is 37.4 Å². The van der Waals surface area contributed by atoms with Crippen molar-refractivity contribution in [1.82, 2.24) is 19.9 Å². The minimum atomic E-state index is -0.555. The van der Waals surface area contributed by atoms with Crippen molar-refractivity contribution >= 4 is 34.8 Å². The number of carbonyl (C=O) groups excluding carboxylic acids is 1. The van der Waals surface area contributed by atoms with Crippen molar-refractivity contribution in [3.63, 3.8) is 0 Å². The minimum Gasteiger partial charge on any atom is -0.318 e.